The Bertz CT molecular complexity index is 318. The topological polar surface area (TPSA) is 71.4 Å². The van der Waals surface area contributed by atoms with Crippen molar-refractivity contribution in [3.63, 3.8) is 0 Å². The predicted octanol–water partition coefficient (Wildman–Crippen LogP) is 6.87. The number of nitrogens with one attached hydrogen (secondary N) is 3. The molecule has 0 aromatic heterocycles. The maximum Gasteiger partial charge on any atom is 4.00 e. The van der Waals surface area contributed by atoms with Crippen molar-refractivity contribution in [1.29, 1.82) is 0 Å². The van der Waals surface area contributed by atoms with E-state index < -0.39 is 13.7 Å². The summed E-state index contributed by atoms with van der Waals surface area (Å²) in [5, 5.41) is 0. The minimum absolute atomic E-state index is 0. The van der Waals surface area contributed by atoms with Gasteiger partial charge in [-0.05, 0) is 0 Å². The SMILES string of the molecule is CC(C)C[NH-].CC(C)C[NH-].CC(C)C[NH-].[CH3][Ge]([CH3])([F])[c-]1cccc1.[Hf+4]. The minimum Gasteiger partial charge on any atom is 4.00 e. The van der Waals surface area contributed by atoms with Crippen LogP contribution in [0.4, 0.5) is 3.50 Å². The third-order valence-electron chi connectivity index (χ3n) is 2.57. The molecular weight excluding hydrogens is 540 g/mol. The largest absolute Gasteiger partial charge is 4.00 e. The summed E-state index contributed by atoms with van der Waals surface area (Å²) in [7, 11) is 0. The molecule has 0 unspecified atom stereocenters. The molecule has 0 atom stereocenters. The second-order valence-electron chi connectivity index (χ2n) is 7.44. The van der Waals surface area contributed by atoms with Crippen LogP contribution in [0.15, 0.2) is 24.3 Å². The molecule has 1 rings (SSSR count). The average molecular weight is 581 g/mol. The Morgan fingerprint density at radius 3 is 1.04 bits per heavy atom. The molecule has 1 aromatic rings. The van der Waals surface area contributed by atoms with Crippen LogP contribution in [0.25, 0.3) is 17.2 Å². The smallest absolute Gasteiger partial charge is 4.00 e. The van der Waals surface area contributed by atoms with Crippen molar-refractivity contribution in [3.8, 4) is 0 Å². The number of hydrogen-bond acceptors (Lipinski definition) is 0. The van der Waals surface area contributed by atoms with Crippen molar-refractivity contribution in [2.45, 2.75) is 53.1 Å². The Balaban J connectivity index is -0.000000122. The molecule has 3 N–H and O–H groups in total. The van der Waals surface area contributed by atoms with E-state index in [-0.39, 0.29) is 25.8 Å². The summed E-state index contributed by atoms with van der Waals surface area (Å²) in [6.07, 6.45) is 0. The van der Waals surface area contributed by atoms with Gasteiger partial charge in [0.1, 0.15) is 0 Å². The summed E-state index contributed by atoms with van der Waals surface area (Å²) in [6, 6.07) is 7.53. The fourth-order valence-electron chi connectivity index (χ4n) is 0.770. The summed E-state index contributed by atoms with van der Waals surface area (Å²) < 4.78 is 14.1. The minimum atomic E-state index is -2.94. The van der Waals surface area contributed by atoms with Crippen LogP contribution in [0.3, 0.4) is 0 Å². The monoisotopic (exact) mass is 583 g/mol. The van der Waals surface area contributed by atoms with Gasteiger partial charge in [0, 0.05) is 0 Å². The second-order valence-corrected chi connectivity index (χ2v) is 14.8. The zero-order valence-electron chi connectivity index (χ0n) is 17.5. The first-order valence-electron chi connectivity index (χ1n) is 8.77. The van der Waals surface area contributed by atoms with E-state index in [2.05, 4.69) is 0 Å². The van der Waals surface area contributed by atoms with Crippen molar-refractivity contribution >= 4 is 18.1 Å². The Morgan fingerprint density at radius 2 is 0.960 bits per heavy atom. The zero-order chi connectivity index (χ0) is 19.8. The van der Waals surface area contributed by atoms with Gasteiger partial charge in [0.2, 0.25) is 0 Å². The van der Waals surface area contributed by atoms with Gasteiger partial charge in [0.05, 0.1) is 0 Å². The molecule has 0 fully saturated rings. The van der Waals surface area contributed by atoms with Crippen molar-refractivity contribution in [2.24, 2.45) is 17.8 Å². The normalized spacial score (nSPS) is 10.0. The second kappa shape index (κ2) is 20.9. The summed E-state index contributed by atoms with van der Waals surface area (Å²) in [4.78, 5) is 0. The van der Waals surface area contributed by atoms with Crippen LogP contribution in [0.2, 0.25) is 11.5 Å². The average Bonchev–Trinajstić information content (AvgIpc) is 3.03. The molecule has 0 amide bonds. The summed E-state index contributed by atoms with van der Waals surface area (Å²) in [5.74, 6) is 5.14. The van der Waals surface area contributed by atoms with E-state index in [1.807, 2.05) is 65.8 Å². The van der Waals surface area contributed by atoms with Gasteiger partial charge < -0.3 is 17.2 Å². The molecule has 0 saturated carbocycles. The molecule has 146 valence electrons. The zero-order valence-corrected chi connectivity index (χ0v) is 23.2. The van der Waals surface area contributed by atoms with Crippen LogP contribution in [0.5, 0.6) is 0 Å². The fraction of sp³-hybridized carbons (Fsp3) is 0.737. The van der Waals surface area contributed by atoms with Crippen LogP contribution >= 0.6 is 0 Å². The number of hydrogen-bond donors (Lipinski definition) is 0. The van der Waals surface area contributed by atoms with E-state index >= 15 is 0 Å². The van der Waals surface area contributed by atoms with Crippen molar-refractivity contribution in [2.75, 3.05) is 19.6 Å². The summed E-state index contributed by atoms with van der Waals surface area (Å²) in [6.45, 7) is 13.9. The van der Waals surface area contributed by atoms with Crippen LogP contribution in [-0.2, 0) is 25.8 Å². The first-order chi connectivity index (χ1) is 10.9. The van der Waals surface area contributed by atoms with Crippen LogP contribution in [0.1, 0.15) is 41.5 Å². The van der Waals surface area contributed by atoms with Gasteiger partial charge in [-0.15, -0.1) is 19.6 Å². The van der Waals surface area contributed by atoms with E-state index in [1.54, 1.807) is 11.5 Å². The Hall–Kier alpha value is 0.573. The van der Waals surface area contributed by atoms with Gasteiger partial charge in [-0.2, -0.15) is 0 Å². The fourth-order valence-corrected chi connectivity index (χ4v) is 2.84. The van der Waals surface area contributed by atoms with Crippen molar-refractivity contribution in [3.05, 3.63) is 41.5 Å². The van der Waals surface area contributed by atoms with E-state index in [0.29, 0.717) is 37.4 Å². The first-order valence-corrected chi connectivity index (χ1v) is 14.8. The molecule has 1 aromatic carbocycles. The molecule has 0 bridgehead atoms. The first kappa shape index (κ1) is 33.2. The van der Waals surface area contributed by atoms with Gasteiger partial charge in [0.25, 0.3) is 0 Å². The van der Waals surface area contributed by atoms with E-state index in [4.69, 9.17) is 17.2 Å². The van der Waals surface area contributed by atoms with Gasteiger partial charge in [-0.1, -0.05) is 59.3 Å². The Labute approximate surface area is 178 Å². The molecule has 6 heteroatoms. The molecule has 0 aliphatic rings. The maximum absolute atomic E-state index is 13.1. The molecule has 0 aliphatic carbocycles. The van der Waals surface area contributed by atoms with Crippen LogP contribution < -0.4 is 4.40 Å². The molecule has 0 radical (unpaired) electrons. The molecule has 0 heterocycles. The van der Waals surface area contributed by atoms with Crippen molar-refractivity contribution < 1.29 is 29.3 Å². The quantitative estimate of drug-likeness (QED) is 0.276. The standard InChI is InChI=1S/C7H10FGe.3C4H10N.Hf/c1-9(2,8)7-5-3-4-6-7;3*1-4(2)3-5;/h3-6H,1-2H3;3*4-5H,3H2,1-2H3;/q4*-1;+4. The molecule has 3 nitrogen and oxygen atoms in total. The van der Waals surface area contributed by atoms with Gasteiger partial charge in [-0.3, -0.25) is 0 Å². The Kier molecular flexibility index (Phi) is 27.7. The molecule has 25 heavy (non-hydrogen) atoms. The molecule has 0 saturated heterocycles. The van der Waals surface area contributed by atoms with Gasteiger partial charge in [0.15, 0.2) is 0 Å². The number of halogens is 1. The summed E-state index contributed by atoms with van der Waals surface area (Å²) in [5.41, 5.74) is 20.0. The van der Waals surface area contributed by atoms with Gasteiger partial charge >= 0.3 is 83.2 Å². The molecule has 0 spiro atoms. The number of rotatable bonds is 4. The van der Waals surface area contributed by atoms with Crippen LogP contribution in [0, 0.1) is 17.8 Å². The predicted molar refractivity (Wildman–Crippen MR) is 112 cm³/mol. The van der Waals surface area contributed by atoms with E-state index in [9.17, 15) is 3.50 Å². The van der Waals surface area contributed by atoms with Crippen LogP contribution in [-0.4, -0.2) is 33.4 Å². The maximum atomic E-state index is 13.1. The van der Waals surface area contributed by atoms with E-state index in [0.717, 1.165) is 4.40 Å². The summed E-state index contributed by atoms with van der Waals surface area (Å²) >= 11 is -2.94. The van der Waals surface area contributed by atoms with Gasteiger partial charge in [-0.25, -0.2) is 0 Å². The van der Waals surface area contributed by atoms with E-state index in [1.165, 1.54) is 0 Å². The molecular formula is C19H40FGeHfN3. The molecule has 0 aliphatic heterocycles. The third kappa shape index (κ3) is 32.7. The van der Waals surface area contributed by atoms with Crippen molar-refractivity contribution in [1.82, 2.24) is 0 Å². The third-order valence-corrected chi connectivity index (χ3v) is 6.15. The Morgan fingerprint density at radius 1 is 0.760 bits per heavy atom.